The molecule has 0 unspecified atom stereocenters. The lowest BCUT2D eigenvalue weighted by Crippen LogP contribution is -2.37. The Kier molecular flexibility index (Phi) is 5.32. The van der Waals surface area contributed by atoms with E-state index in [9.17, 15) is 13.2 Å². The summed E-state index contributed by atoms with van der Waals surface area (Å²) in [5.41, 5.74) is 0. The molecule has 0 radical (unpaired) electrons. The van der Waals surface area contributed by atoms with Crippen molar-refractivity contribution in [2.24, 2.45) is 0 Å². The lowest BCUT2D eigenvalue weighted by molar-refractivity contribution is -0.137. The molecule has 2 rings (SSSR count). The lowest BCUT2D eigenvalue weighted by Gasteiger charge is -2.26. The third-order valence-corrected chi connectivity index (χ3v) is 4.80. The Balaban J connectivity index is 1.85. The number of nitrogens with one attached hydrogen (secondary N) is 1. The average molecular weight is 316 g/mol. The highest BCUT2D eigenvalue weighted by Gasteiger charge is 2.17. The van der Waals surface area contributed by atoms with E-state index in [1.54, 1.807) is 0 Å². The third-order valence-electron chi connectivity index (χ3n) is 3.39. The van der Waals surface area contributed by atoms with E-state index in [0.29, 0.717) is 13.1 Å². The SMILES string of the molecule is O=C(O)Cn1cc(S(=O)(=O)NCCN2CCCCC2)cn1. The molecule has 2 heterocycles. The lowest BCUT2D eigenvalue weighted by atomic mass is 10.1. The fourth-order valence-corrected chi connectivity index (χ4v) is 3.29. The Hall–Kier alpha value is -1.45. The molecule has 1 aromatic rings. The minimum Gasteiger partial charge on any atom is -0.480 e. The van der Waals surface area contributed by atoms with E-state index in [1.807, 2.05) is 0 Å². The molecule has 0 aromatic carbocycles. The van der Waals surface area contributed by atoms with Gasteiger partial charge in [-0.1, -0.05) is 6.42 Å². The van der Waals surface area contributed by atoms with Gasteiger partial charge in [-0.3, -0.25) is 9.48 Å². The van der Waals surface area contributed by atoms with Crippen LogP contribution in [-0.4, -0.2) is 60.4 Å². The Bertz CT molecular complexity index is 578. The van der Waals surface area contributed by atoms with Crippen molar-refractivity contribution in [2.45, 2.75) is 30.7 Å². The Labute approximate surface area is 123 Å². The Morgan fingerprint density at radius 1 is 1.33 bits per heavy atom. The van der Waals surface area contributed by atoms with Gasteiger partial charge in [-0.2, -0.15) is 5.10 Å². The van der Waals surface area contributed by atoms with Crippen LogP contribution >= 0.6 is 0 Å². The van der Waals surface area contributed by atoms with Crippen LogP contribution in [0.25, 0.3) is 0 Å². The number of rotatable bonds is 7. The van der Waals surface area contributed by atoms with E-state index in [-0.39, 0.29) is 11.4 Å². The molecule has 0 aliphatic carbocycles. The van der Waals surface area contributed by atoms with Gasteiger partial charge in [-0.05, 0) is 25.9 Å². The van der Waals surface area contributed by atoms with Crippen molar-refractivity contribution in [3.63, 3.8) is 0 Å². The number of hydrogen-bond donors (Lipinski definition) is 2. The molecule has 0 atom stereocenters. The van der Waals surface area contributed by atoms with E-state index in [4.69, 9.17) is 5.11 Å². The number of carboxylic acid groups (broad SMARTS) is 1. The maximum Gasteiger partial charge on any atom is 0.325 e. The standard InChI is InChI=1S/C12H20N4O4S/c17-12(18)10-16-9-11(8-13-16)21(19,20)14-4-7-15-5-2-1-3-6-15/h8-9,14H,1-7,10H2,(H,17,18). The van der Waals surface area contributed by atoms with Crippen LogP contribution in [0.4, 0.5) is 0 Å². The van der Waals surface area contributed by atoms with Gasteiger partial charge in [0, 0.05) is 19.3 Å². The second-order valence-electron chi connectivity index (χ2n) is 5.07. The molecule has 118 valence electrons. The number of aliphatic carboxylic acids is 1. The van der Waals surface area contributed by atoms with Crippen molar-refractivity contribution >= 4 is 16.0 Å². The van der Waals surface area contributed by atoms with Gasteiger partial charge < -0.3 is 10.0 Å². The first-order valence-corrected chi connectivity index (χ1v) is 8.42. The smallest absolute Gasteiger partial charge is 0.325 e. The summed E-state index contributed by atoms with van der Waals surface area (Å²) in [5, 5.41) is 12.4. The van der Waals surface area contributed by atoms with Crippen LogP contribution in [0, 0.1) is 0 Å². The zero-order valence-electron chi connectivity index (χ0n) is 11.7. The highest BCUT2D eigenvalue weighted by molar-refractivity contribution is 7.89. The first kappa shape index (κ1) is 15.9. The third kappa shape index (κ3) is 4.80. The number of sulfonamides is 1. The van der Waals surface area contributed by atoms with Crippen molar-refractivity contribution in [1.29, 1.82) is 0 Å². The van der Waals surface area contributed by atoms with Gasteiger partial charge in [-0.25, -0.2) is 13.1 Å². The summed E-state index contributed by atoms with van der Waals surface area (Å²) < 4.78 is 27.7. The van der Waals surface area contributed by atoms with E-state index < -0.39 is 16.0 Å². The molecule has 0 spiro atoms. The van der Waals surface area contributed by atoms with Crippen LogP contribution in [0.5, 0.6) is 0 Å². The zero-order chi connectivity index (χ0) is 15.3. The molecular formula is C12H20N4O4S. The van der Waals surface area contributed by atoms with Crippen molar-refractivity contribution in [2.75, 3.05) is 26.2 Å². The summed E-state index contributed by atoms with van der Waals surface area (Å²) in [4.78, 5) is 12.8. The number of carbonyl (C=O) groups is 1. The molecule has 9 heteroatoms. The minimum absolute atomic E-state index is 0.0117. The normalized spacial score (nSPS) is 17.0. The van der Waals surface area contributed by atoms with E-state index in [2.05, 4.69) is 14.7 Å². The van der Waals surface area contributed by atoms with Crippen LogP contribution in [0.2, 0.25) is 0 Å². The highest BCUT2D eigenvalue weighted by Crippen LogP contribution is 2.09. The van der Waals surface area contributed by atoms with Crippen LogP contribution in [0.3, 0.4) is 0 Å². The summed E-state index contributed by atoms with van der Waals surface area (Å²) in [6.07, 6.45) is 5.94. The molecule has 8 nitrogen and oxygen atoms in total. The molecule has 1 aromatic heterocycles. The first-order valence-electron chi connectivity index (χ1n) is 6.94. The van der Waals surface area contributed by atoms with Gasteiger partial charge in [0.05, 0.1) is 6.20 Å². The molecule has 1 fully saturated rings. The fourth-order valence-electron chi connectivity index (χ4n) is 2.31. The molecular weight excluding hydrogens is 296 g/mol. The Morgan fingerprint density at radius 2 is 2.05 bits per heavy atom. The topological polar surface area (TPSA) is 105 Å². The van der Waals surface area contributed by atoms with E-state index in [1.165, 1.54) is 12.6 Å². The number of carboxylic acids is 1. The molecule has 21 heavy (non-hydrogen) atoms. The maximum atomic E-state index is 12.0. The van der Waals surface area contributed by atoms with Crippen LogP contribution in [0.15, 0.2) is 17.3 Å². The van der Waals surface area contributed by atoms with Gasteiger partial charge in [0.25, 0.3) is 0 Å². The summed E-state index contributed by atoms with van der Waals surface area (Å²) in [7, 11) is -3.63. The average Bonchev–Trinajstić information content (AvgIpc) is 2.88. The summed E-state index contributed by atoms with van der Waals surface area (Å²) >= 11 is 0. The summed E-state index contributed by atoms with van der Waals surface area (Å²) in [6.45, 7) is 2.69. The monoisotopic (exact) mass is 316 g/mol. The number of aromatic nitrogens is 2. The zero-order valence-corrected chi connectivity index (χ0v) is 12.5. The van der Waals surface area contributed by atoms with Crippen molar-refractivity contribution in [3.05, 3.63) is 12.4 Å². The van der Waals surface area contributed by atoms with E-state index >= 15 is 0 Å². The highest BCUT2D eigenvalue weighted by atomic mass is 32.2. The number of hydrogen-bond acceptors (Lipinski definition) is 5. The number of likely N-dealkylation sites (tertiary alicyclic amines) is 1. The molecule has 0 saturated carbocycles. The predicted molar refractivity (Wildman–Crippen MR) is 75.3 cm³/mol. The summed E-state index contributed by atoms with van der Waals surface area (Å²) in [6, 6.07) is 0. The quantitative estimate of drug-likeness (QED) is 0.717. The molecule has 0 amide bonds. The van der Waals surface area contributed by atoms with Crippen LogP contribution < -0.4 is 4.72 Å². The molecule has 1 saturated heterocycles. The maximum absolute atomic E-state index is 12.0. The van der Waals surface area contributed by atoms with Gasteiger partial charge in [0.15, 0.2) is 0 Å². The molecule has 0 bridgehead atoms. The van der Waals surface area contributed by atoms with Crippen LogP contribution in [0.1, 0.15) is 19.3 Å². The largest absolute Gasteiger partial charge is 0.480 e. The number of piperidine rings is 1. The fraction of sp³-hybridized carbons (Fsp3) is 0.667. The molecule has 1 aliphatic rings. The number of nitrogens with zero attached hydrogens (tertiary/aromatic N) is 3. The van der Waals surface area contributed by atoms with E-state index in [0.717, 1.165) is 36.8 Å². The molecule has 2 N–H and O–H groups in total. The van der Waals surface area contributed by atoms with Crippen molar-refractivity contribution in [3.8, 4) is 0 Å². The minimum atomic E-state index is -3.63. The van der Waals surface area contributed by atoms with Gasteiger partial charge >= 0.3 is 5.97 Å². The van der Waals surface area contributed by atoms with Crippen LogP contribution in [-0.2, 0) is 21.4 Å². The van der Waals surface area contributed by atoms with Crippen molar-refractivity contribution < 1.29 is 18.3 Å². The predicted octanol–water partition coefficient (Wildman–Crippen LogP) is -0.268. The first-order chi connectivity index (χ1) is 9.97. The van der Waals surface area contributed by atoms with Gasteiger partial charge in [0.2, 0.25) is 10.0 Å². The van der Waals surface area contributed by atoms with Gasteiger partial charge in [0.1, 0.15) is 11.4 Å². The second-order valence-corrected chi connectivity index (χ2v) is 6.83. The Morgan fingerprint density at radius 3 is 2.71 bits per heavy atom. The van der Waals surface area contributed by atoms with Gasteiger partial charge in [-0.15, -0.1) is 0 Å². The van der Waals surface area contributed by atoms with Crippen molar-refractivity contribution in [1.82, 2.24) is 19.4 Å². The molecule has 1 aliphatic heterocycles. The summed E-state index contributed by atoms with van der Waals surface area (Å²) in [5.74, 6) is -1.07. The second kappa shape index (κ2) is 7.01.